The number of amides is 1. The molecule has 1 aliphatic rings. The summed E-state index contributed by atoms with van der Waals surface area (Å²) in [5.41, 5.74) is 1.61. The van der Waals surface area contributed by atoms with Crippen molar-refractivity contribution in [1.29, 1.82) is 0 Å². The molecule has 0 atom stereocenters. The van der Waals surface area contributed by atoms with Crippen LogP contribution in [0.15, 0.2) is 42.5 Å². The van der Waals surface area contributed by atoms with Crippen LogP contribution in [0.1, 0.15) is 23.2 Å². The Kier molecular flexibility index (Phi) is 5.85. The van der Waals surface area contributed by atoms with E-state index in [-0.39, 0.29) is 5.91 Å². The standard InChI is InChI=1S/C22H25N3O3S/c1-27-17-11-16(12-18(13-17)28-2)21(26)23-14-15-7-9-25(10-8-15)22-24-19-5-3-4-6-20(19)29-22/h3-6,11-13,15H,7-10,14H2,1-2H3,(H,23,26). The van der Waals surface area contributed by atoms with Crippen LogP contribution >= 0.6 is 11.3 Å². The minimum Gasteiger partial charge on any atom is -0.497 e. The van der Waals surface area contributed by atoms with E-state index in [2.05, 4.69) is 28.4 Å². The topological polar surface area (TPSA) is 63.7 Å². The van der Waals surface area contributed by atoms with Crippen LogP contribution in [-0.2, 0) is 0 Å². The number of carbonyl (C=O) groups is 1. The van der Waals surface area contributed by atoms with Gasteiger partial charge in [-0.05, 0) is 43.0 Å². The second-order valence-corrected chi connectivity index (χ2v) is 8.22. The quantitative estimate of drug-likeness (QED) is 0.665. The fourth-order valence-electron chi connectivity index (χ4n) is 3.60. The summed E-state index contributed by atoms with van der Waals surface area (Å²) in [7, 11) is 3.16. The number of nitrogens with zero attached hydrogens (tertiary/aromatic N) is 2. The molecule has 0 unspecified atom stereocenters. The van der Waals surface area contributed by atoms with E-state index in [9.17, 15) is 4.79 Å². The van der Waals surface area contributed by atoms with E-state index >= 15 is 0 Å². The van der Waals surface area contributed by atoms with Gasteiger partial charge < -0.3 is 19.7 Å². The average Bonchev–Trinajstić information content (AvgIpc) is 3.21. The molecule has 1 saturated heterocycles. The van der Waals surface area contributed by atoms with Gasteiger partial charge in [0.05, 0.1) is 24.4 Å². The lowest BCUT2D eigenvalue weighted by Crippen LogP contribution is -2.38. The number of aromatic nitrogens is 1. The van der Waals surface area contributed by atoms with Crippen molar-refractivity contribution in [3.05, 3.63) is 48.0 Å². The van der Waals surface area contributed by atoms with Crippen LogP contribution in [0.5, 0.6) is 11.5 Å². The molecule has 1 N–H and O–H groups in total. The van der Waals surface area contributed by atoms with Crippen LogP contribution in [0.4, 0.5) is 5.13 Å². The predicted octanol–water partition coefficient (Wildman–Crippen LogP) is 3.96. The Morgan fingerprint density at radius 1 is 1.14 bits per heavy atom. The van der Waals surface area contributed by atoms with Crippen molar-refractivity contribution in [3.63, 3.8) is 0 Å². The Morgan fingerprint density at radius 3 is 2.48 bits per heavy atom. The van der Waals surface area contributed by atoms with E-state index < -0.39 is 0 Å². The Bertz CT molecular complexity index is 941. The molecule has 0 radical (unpaired) electrons. The lowest BCUT2D eigenvalue weighted by atomic mass is 9.97. The molecular weight excluding hydrogens is 386 g/mol. The van der Waals surface area contributed by atoms with Crippen molar-refractivity contribution in [2.45, 2.75) is 12.8 Å². The first-order chi connectivity index (χ1) is 14.2. The summed E-state index contributed by atoms with van der Waals surface area (Å²) in [4.78, 5) is 19.7. The summed E-state index contributed by atoms with van der Waals surface area (Å²) in [5, 5.41) is 4.16. The Balaban J connectivity index is 1.31. The molecule has 29 heavy (non-hydrogen) atoms. The van der Waals surface area contributed by atoms with Crippen molar-refractivity contribution >= 4 is 32.6 Å². The number of ether oxygens (including phenoxy) is 2. The molecular formula is C22H25N3O3S. The number of piperidine rings is 1. The fraction of sp³-hybridized carbons (Fsp3) is 0.364. The summed E-state index contributed by atoms with van der Waals surface area (Å²) in [6.45, 7) is 2.60. The third-order valence-electron chi connectivity index (χ3n) is 5.33. The lowest BCUT2D eigenvalue weighted by molar-refractivity contribution is 0.0944. The average molecular weight is 412 g/mol. The highest BCUT2D eigenvalue weighted by Crippen LogP contribution is 2.31. The zero-order valence-corrected chi connectivity index (χ0v) is 17.5. The molecule has 7 heteroatoms. The highest BCUT2D eigenvalue weighted by atomic mass is 32.1. The van der Waals surface area contributed by atoms with Crippen molar-refractivity contribution in [3.8, 4) is 11.5 Å². The normalized spacial score (nSPS) is 14.8. The van der Waals surface area contributed by atoms with Crippen molar-refractivity contribution in [2.75, 3.05) is 38.8 Å². The number of hydrogen-bond acceptors (Lipinski definition) is 6. The van der Waals surface area contributed by atoms with E-state index in [1.165, 1.54) is 4.70 Å². The summed E-state index contributed by atoms with van der Waals surface area (Å²) in [6.07, 6.45) is 2.08. The highest BCUT2D eigenvalue weighted by Gasteiger charge is 2.22. The number of para-hydroxylation sites is 1. The Morgan fingerprint density at radius 2 is 1.83 bits per heavy atom. The smallest absolute Gasteiger partial charge is 0.251 e. The summed E-state index contributed by atoms with van der Waals surface area (Å²) >= 11 is 1.75. The zero-order valence-electron chi connectivity index (χ0n) is 16.7. The monoisotopic (exact) mass is 411 g/mol. The van der Waals surface area contributed by atoms with Crippen LogP contribution in [0.25, 0.3) is 10.2 Å². The largest absolute Gasteiger partial charge is 0.497 e. The number of benzene rings is 2. The Labute approximate surface area is 174 Å². The SMILES string of the molecule is COc1cc(OC)cc(C(=O)NCC2CCN(c3nc4ccccc4s3)CC2)c1. The van der Waals surface area contributed by atoms with Gasteiger partial charge in [-0.15, -0.1) is 0 Å². The van der Waals surface area contributed by atoms with Crippen LogP contribution in [0.3, 0.4) is 0 Å². The molecule has 6 nitrogen and oxygen atoms in total. The van der Waals surface area contributed by atoms with Gasteiger partial charge in [0.15, 0.2) is 5.13 Å². The molecule has 1 aromatic heterocycles. The molecule has 4 rings (SSSR count). The third-order valence-corrected chi connectivity index (χ3v) is 6.43. The number of methoxy groups -OCH3 is 2. The zero-order chi connectivity index (χ0) is 20.2. The number of hydrogen-bond donors (Lipinski definition) is 1. The molecule has 2 aromatic carbocycles. The van der Waals surface area contributed by atoms with E-state index in [4.69, 9.17) is 14.5 Å². The van der Waals surface area contributed by atoms with Gasteiger partial charge in [-0.1, -0.05) is 23.5 Å². The van der Waals surface area contributed by atoms with Crippen LogP contribution in [-0.4, -0.2) is 44.7 Å². The van der Waals surface area contributed by atoms with Crippen molar-refractivity contribution < 1.29 is 14.3 Å². The number of thiazole rings is 1. The maximum Gasteiger partial charge on any atom is 0.251 e. The maximum atomic E-state index is 12.6. The molecule has 0 saturated carbocycles. The van der Waals surface area contributed by atoms with Gasteiger partial charge in [-0.25, -0.2) is 4.98 Å². The molecule has 3 aromatic rings. The molecule has 1 amide bonds. The molecule has 152 valence electrons. The number of nitrogens with one attached hydrogen (secondary N) is 1. The molecule has 1 aliphatic heterocycles. The number of carbonyl (C=O) groups excluding carboxylic acids is 1. The van der Waals surface area contributed by atoms with E-state index in [1.807, 2.05) is 6.07 Å². The van der Waals surface area contributed by atoms with Crippen LogP contribution < -0.4 is 19.7 Å². The van der Waals surface area contributed by atoms with Gasteiger partial charge in [0.25, 0.3) is 5.91 Å². The summed E-state index contributed by atoms with van der Waals surface area (Å²) < 4.78 is 11.7. The third kappa shape index (κ3) is 4.45. The fourth-order valence-corrected chi connectivity index (χ4v) is 4.62. The maximum absolute atomic E-state index is 12.6. The number of rotatable bonds is 6. The molecule has 0 bridgehead atoms. The second kappa shape index (κ2) is 8.69. The number of anilines is 1. The van der Waals surface area contributed by atoms with Gasteiger partial charge in [0.2, 0.25) is 0 Å². The van der Waals surface area contributed by atoms with Gasteiger partial charge in [-0.2, -0.15) is 0 Å². The van der Waals surface area contributed by atoms with Gasteiger partial charge in [0, 0.05) is 31.3 Å². The molecule has 0 spiro atoms. The Hall–Kier alpha value is -2.80. The van der Waals surface area contributed by atoms with Gasteiger partial charge >= 0.3 is 0 Å². The summed E-state index contributed by atoms with van der Waals surface area (Å²) in [5.74, 6) is 1.59. The van der Waals surface area contributed by atoms with E-state index in [0.717, 1.165) is 36.6 Å². The van der Waals surface area contributed by atoms with E-state index in [1.54, 1.807) is 43.8 Å². The lowest BCUT2D eigenvalue weighted by Gasteiger charge is -2.31. The first kappa shape index (κ1) is 19.5. The molecule has 2 heterocycles. The first-order valence-corrected chi connectivity index (χ1v) is 10.6. The van der Waals surface area contributed by atoms with Crippen molar-refractivity contribution in [2.24, 2.45) is 5.92 Å². The molecule has 1 fully saturated rings. The van der Waals surface area contributed by atoms with E-state index in [0.29, 0.717) is 29.5 Å². The van der Waals surface area contributed by atoms with Crippen LogP contribution in [0, 0.1) is 5.92 Å². The molecule has 0 aliphatic carbocycles. The summed E-state index contributed by atoms with van der Waals surface area (Å²) in [6, 6.07) is 13.5. The number of fused-ring (bicyclic) bond motifs is 1. The van der Waals surface area contributed by atoms with Crippen molar-refractivity contribution in [1.82, 2.24) is 10.3 Å². The van der Waals surface area contributed by atoms with Gasteiger partial charge in [0.1, 0.15) is 11.5 Å². The first-order valence-electron chi connectivity index (χ1n) is 9.78. The second-order valence-electron chi connectivity index (χ2n) is 7.21. The highest BCUT2D eigenvalue weighted by molar-refractivity contribution is 7.22. The predicted molar refractivity (Wildman–Crippen MR) is 116 cm³/mol. The minimum atomic E-state index is -0.101. The minimum absolute atomic E-state index is 0.101. The van der Waals surface area contributed by atoms with Gasteiger partial charge in [-0.3, -0.25) is 4.79 Å². The van der Waals surface area contributed by atoms with Crippen LogP contribution in [0.2, 0.25) is 0 Å².